The fraction of sp³-hybridized carbons (Fsp3) is 0.300. The Labute approximate surface area is 164 Å². The number of benzene rings is 2. The second-order valence-electron chi connectivity index (χ2n) is 6.56. The van der Waals surface area contributed by atoms with Gasteiger partial charge in [-0.15, -0.1) is 12.4 Å². The van der Waals surface area contributed by atoms with E-state index in [2.05, 4.69) is 5.32 Å². The minimum atomic E-state index is -0.385. The van der Waals surface area contributed by atoms with Gasteiger partial charge in [-0.1, -0.05) is 42.5 Å². The Kier molecular flexibility index (Phi) is 7.33. The molecule has 0 aromatic heterocycles. The van der Waals surface area contributed by atoms with Crippen molar-refractivity contribution in [2.45, 2.75) is 18.4 Å². The molecule has 0 radical (unpaired) electrons. The quantitative estimate of drug-likeness (QED) is 0.816. The van der Waals surface area contributed by atoms with Gasteiger partial charge in [0.15, 0.2) is 0 Å². The predicted molar refractivity (Wildman–Crippen MR) is 104 cm³/mol. The average Bonchev–Trinajstić information content (AvgIpc) is 3.02. The summed E-state index contributed by atoms with van der Waals surface area (Å²) in [6, 6.07) is 15.6. The van der Waals surface area contributed by atoms with Crippen LogP contribution in [0.15, 0.2) is 54.6 Å². The Balaban J connectivity index is 0.00000261. The van der Waals surface area contributed by atoms with E-state index < -0.39 is 0 Å². The van der Waals surface area contributed by atoms with Gasteiger partial charge in [-0.3, -0.25) is 9.59 Å². The molecule has 2 atom stereocenters. The smallest absolute Gasteiger partial charge is 0.242 e. The lowest BCUT2D eigenvalue weighted by Gasteiger charge is -2.17. The lowest BCUT2D eigenvalue weighted by Crippen LogP contribution is -2.40. The summed E-state index contributed by atoms with van der Waals surface area (Å²) in [4.78, 5) is 26.0. The van der Waals surface area contributed by atoms with Crippen LogP contribution >= 0.6 is 12.4 Å². The highest BCUT2D eigenvalue weighted by Crippen LogP contribution is 2.26. The number of nitrogens with two attached hydrogens (primary N) is 1. The third kappa shape index (κ3) is 5.52. The maximum atomic E-state index is 13.1. The summed E-state index contributed by atoms with van der Waals surface area (Å²) < 4.78 is 13.1. The van der Waals surface area contributed by atoms with E-state index in [0.29, 0.717) is 18.7 Å². The van der Waals surface area contributed by atoms with Crippen molar-refractivity contribution in [3.63, 3.8) is 0 Å². The molecule has 144 valence electrons. The van der Waals surface area contributed by atoms with Crippen LogP contribution in [0.25, 0.3) is 0 Å². The van der Waals surface area contributed by atoms with Crippen LogP contribution in [0, 0.1) is 5.82 Å². The van der Waals surface area contributed by atoms with E-state index in [4.69, 9.17) is 5.73 Å². The van der Waals surface area contributed by atoms with Gasteiger partial charge in [0.2, 0.25) is 11.8 Å². The van der Waals surface area contributed by atoms with E-state index in [-0.39, 0.29) is 55.0 Å². The zero-order valence-corrected chi connectivity index (χ0v) is 15.6. The predicted octanol–water partition coefficient (Wildman–Crippen LogP) is 1.86. The van der Waals surface area contributed by atoms with Crippen molar-refractivity contribution in [3.8, 4) is 0 Å². The lowest BCUT2D eigenvalue weighted by molar-refractivity contribution is -0.131. The number of hydrogen-bond donors (Lipinski definition) is 2. The Morgan fingerprint density at radius 3 is 2.56 bits per heavy atom. The zero-order chi connectivity index (χ0) is 18.5. The van der Waals surface area contributed by atoms with Crippen molar-refractivity contribution < 1.29 is 14.0 Å². The normalized spacial score (nSPS) is 18.7. The molecule has 1 aliphatic heterocycles. The van der Waals surface area contributed by atoms with Gasteiger partial charge in [-0.05, 0) is 23.3 Å². The second kappa shape index (κ2) is 9.48. The topological polar surface area (TPSA) is 75.4 Å². The van der Waals surface area contributed by atoms with Crippen molar-refractivity contribution in [1.82, 2.24) is 10.2 Å². The molecular formula is C20H23ClFN3O2. The van der Waals surface area contributed by atoms with Gasteiger partial charge in [0, 0.05) is 25.0 Å². The molecular weight excluding hydrogens is 369 g/mol. The first kappa shape index (κ1) is 20.9. The molecule has 27 heavy (non-hydrogen) atoms. The van der Waals surface area contributed by atoms with Crippen LogP contribution in [0.1, 0.15) is 17.0 Å². The number of nitrogens with one attached hydrogen (secondary N) is 1. The summed E-state index contributed by atoms with van der Waals surface area (Å²) >= 11 is 0. The van der Waals surface area contributed by atoms with Gasteiger partial charge in [0.1, 0.15) is 5.82 Å². The SMILES string of the molecule is Cl.N[C@@H]1CN(C(=O)CNC(=O)Cc2cccc(F)c2)C[C@H]1c1ccccc1. The van der Waals surface area contributed by atoms with Crippen LogP contribution in [-0.2, 0) is 16.0 Å². The summed E-state index contributed by atoms with van der Waals surface area (Å²) in [6.07, 6.45) is 0.0389. The van der Waals surface area contributed by atoms with Crippen LogP contribution in [0.3, 0.4) is 0 Å². The first-order valence-electron chi connectivity index (χ1n) is 8.62. The molecule has 2 aromatic carbocycles. The van der Waals surface area contributed by atoms with E-state index >= 15 is 0 Å². The fourth-order valence-electron chi connectivity index (χ4n) is 3.27. The number of amides is 2. The van der Waals surface area contributed by atoms with Crippen LogP contribution in [0.2, 0.25) is 0 Å². The maximum Gasteiger partial charge on any atom is 0.242 e. The summed E-state index contributed by atoms with van der Waals surface area (Å²) in [5, 5.41) is 2.60. The minimum Gasteiger partial charge on any atom is -0.347 e. The Morgan fingerprint density at radius 2 is 1.85 bits per heavy atom. The van der Waals surface area contributed by atoms with Crippen molar-refractivity contribution in [2.75, 3.05) is 19.6 Å². The molecule has 3 rings (SSSR count). The van der Waals surface area contributed by atoms with Gasteiger partial charge in [0.05, 0.1) is 13.0 Å². The highest BCUT2D eigenvalue weighted by Gasteiger charge is 2.33. The molecule has 0 saturated carbocycles. The third-order valence-electron chi connectivity index (χ3n) is 4.64. The molecule has 0 unspecified atom stereocenters. The average molecular weight is 392 g/mol. The van der Waals surface area contributed by atoms with E-state index in [1.165, 1.54) is 12.1 Å². The van der Waals surface area contributed by atoms with Crippen LogP contribution in [0.4, 0.5) is 4.39 Å². The highest BCUT2D eigenvalue weighted by molar-refractivity contribution is 5.86. The Bertz CT molecular complexity index is 788. The molecule has 1 heterocycles. The maximum absolute atomic E-state index is 13.1. The number of halogens is 2. The minimum absolute atomic E-state index is 0. The number of nitrogens with zero attached hydrogens (tertiary/aromatic N) is 1. The van der Waals surface area contributed by atoms with E-state index in [1.54, 1.807) is 17.0 Å². The Hall–Kier alpha value is -2.44. The fourth-order valence-corrected chi connectivity index (χ4v) is 3.27. The first-order chi connectivity index (χ1) is 12.5. The van der Waals surface area contributed by atoms with Crippen molar-refractivity contribution in [1.29, 1.82) is 0 Å². The zero-order valence-electron chi connectivity index (χ0n) is 14.8. The number of carbonyl (C=O) groups is 2. The van der Waals surface area contributed by atoms with Gasteiger partial charge < -0.3 is 16.0 Å². The Morgan fingerprint density at radius 1 is 1.11 bits per heavy atom. The number of rotatable bonds is 5. The number of carbonyl (C=O) groups excluding carboxylic acids is 2. The highest BCUT2D eigenvalue weighted by atomic mass is 35.5. The van der Waals surface area contributed by atoms with Gasteiger partial charge in [0.25, 0.3) is 0 Å². The second-order valence-corrected chi connectivity index (χ2v) is 6.56. The van der Waals surface area contributed by atoms with Crippen molar-refractivity contribution in [2.24, 2.45) is 5.73 Å². The van der Waals surface area contributed by atoms with Crippen LogP contribution in [-0.4, -0.2) is 42.4 Å². The summed E-state index contributed by atoms with van der Waals surface area (Å²) in [6.45, 7) is 0.935. The molecule has 7 heteroatoms. The number of likely N-dealkylation sites (tertiary alicyclic amines) is 1. The van der Waals surface area contributed by atoms with E-state index in [0.717, 1.165) is 5.56 Å². The van der Waals surface area contributed by atoms with Gasteiger partial charge >= 0.3 is 0 Å². The standard InChI is InChI=1S/C20H22FN3O2.ClH/c21-16-8-4-5-14(9-16)10-19(25)23-11-20(26)24-12-17(18(22)13-24)15-6-2-1-3-7-15;/h1-9,17-18H,10-13,22H2,(H,23,25);1H/t17-,18+;/m0./s1. The van der Waals surface area contributed by atoms with Crippen LogP contribution < -0.4 is 11.1 Å². The summed E-state index contributed by atoms with van der Waals surface area (Å²) in [5.41, 5.74) is 7.88. The third-order valence-corrected chi connectivity index (χ3v) is 4.64. The first-order valence-corrected chi connectivity index (χ1v) is 8.62. The molecule has 3 N–H and O–H groups in total. The van der Waals surface area contributed by atoms with Crippen molar-refractivity contribution >= 4 is 24.2 Å². The molecule has 2 amide bonds. The monoisotopic (exact) mass is 391 g/mol. The molecule has 5 nitrogen and oxygen atoms in total. The van der Waals surface area contributed by atoms with Gasteiger partial charge in [-0.2, -0.15) is 0 Å². The number of hydrogen-bond acceptors (Lipinski definition) is 3. The lowest BCUT2D eigenvalue weighted by atomic mass is 9.95. The van der Waals surface area contributed by atoms with Gasteiger partial charge in [-0.25, -0.2) is 4.39 Å². The molecule has 1 saturated heterocycles. The molecule has 1 fully saturated rings. The van der Waals surface area contributed by atoms with E-state index in [9.17, 15) is 14.0 Å². The molecule has 0 aliphatic carbocycles. The van der Waals surface area contributed by atoms with Crippen LogP contribution in [0.5, 0.6) is 0 Å². The molecule has 0 spiro atoms. The largest absolute Gasteiger partial charge is 0.347 e. The van der Waals surface area contributed by atoms with E-state index in [1.807, 2.05) is 30.3 Å². The molecule has 1 aliphatic rings. The summed E-state index contributed by atoms with van der Waals surface area (Å²) in [5.74, 6) is -0.758. The molecule has 0 bridgehead atoms. The molecule has 2 aromatic rings. The summed E-state index contributed by atoms with van der Waals surface area (Å²) in [7, 11) is 0. The van der Waals surface area contributed by atoms with Crippen molar-refractivity contribution in [3.05, 3.63) is 71.5 Å².